The second-order valence-electron chi connectivity index (χ2n) is 6.06. The van der Waals surface area contributed by atoms with Gasteiger partial charge in [-0.25, -0.2) is 8.42 Å². The number of carbonyl (C=O) groups excluding carboxylic acids is 2. The number of amides is 1. The number of esters is 1. The van der Waals surface area contributed by atoms with Crippen LogP contribution in [0.3, 0.4) is 0 Å². The Bertz CT molecular complexity index is 679. The SMILES string of the molecule is CC(=O)OC(C)(C)C(=O)N1CCC(c2cccs2)S(=O)(=O)CC1. The van der Waals surface area contributed by atoms with Crippen molar-refractivity contribution in [1.82, 2.24) is 4.90 Å². The van der Waals surface area contributed by atoms with E-state index in [9.17, 15) is 18.0 Å². The molecule has 1 aromatic heterocycles. The summed E-state index contributed by atoms with van der Waals surface area (Å²) in [6.45, 7) is 4.73. The zero-order valence-corrected chi connectivity index (χ0v) is 15.1. The van der Waals surface area contributed by atoms with Gasteiger partial charge in [0.2, 0.25) is 0 Å². The third kappa shape index (κ3) is 4.11. The first kappa shape index (κ1) is 17.9. The first-order chi connectivity index (χ1) is 10.6. The molecular weight excluding hydrogens is 338 g/mol. The van der Waals surface area contributed by atoms with Crippen LogP contribution in [-0.2, 0) is 24.2 Å². The number of thiophene rings is 1. The third-order valence-corrected chi connectivity index (χ3v) is 7.05. The first-order valence-electron chi connectivity index (χ1n) is 7.37. The Hall–Kier alpha value is -1.41. The summed E-state index contributed by atoms with van der Waals surface area (Å²) >= 11 is 1.41. The molecule has 23 heavy (non-hydrogen) atoms. The highest BCUT2D eigenvalue weighted by Crippen LogP contribution is 2.33. The van der Waals surface area contributed by atoms with Crippen LogP contribution in [0.4, 0.5) is 0 Å². The number of rotatable bonds is 3. The zero-order valence-electron chi connectivity index (χ0n) is 13.4. The molecule has 8 heteroatoms. The van der Waals surface area contributed by atoms with Crippen molar-refractivity contribution in [3.8, 4) is 0 Å². The van der Waals surface area contributed by atoms with Gasteiger partial charge in [-0.05, 0) is 31.7 Å². The van der Waals surface area contributed by atoms with E-state index < -0.39 is 26.7 Å². The van der Waals surface area contributed by atoms with Gasteiger partial charge in [-0.3, -0.25) is 9.59 Å². The fourth-order valence-corrected chi connectivity index (χ4v) is 5.73. The molecule has 0 aliphatic carbocycles. The largest absolute Gasteiger partial charge is 0.450 e. The van der Waals surface area contributed by atoms with Gasteiger partial charge in [0.05, 0.1) is 11.0 Å². The summed E-state index contributed by atoms with van der Waals surface area (Å²) in [5.41, 5.74) is -1.29. The van der Waals surface area contributed by atoms with E-state index >= 15 is 0 Å². The van der Waals surface area contributed by atoms with Gasteiger partial charge in [0.1, 0.15) is 0 Å². The first-order valence-corrected chi connectivity index (χ1v) is 9.97. The van der Waals surface area contributed by atoms with Crippen molar-refractivity contribution in [2.75, 3.05) is 18.8 Å². The maximum atomic E-state index is 12.6. The Balaban J connectivity index is 2.17. The summed E-state index contributed by atoms with van der Waals surface area (Å²) in [7, 11) is -3.31. The van der Waals surface area contributed by atoms with E-state index in [0.717, 1.165) is 4.88 Å². The van der Waals surface area contributed by atoms with Crippen LogP contribution in [0, 0.1) is 0 Å². The number of carbonyl (C=O) groups is 2. The second kappa shape index (κ2) is 6.60. The van der Waals surface area contributed by atoms with Gasteiger partial charge in [0.15, 0.2) is 15.4 Å². The van der Waals surface area contributed by atoms with Crippen LogP contribution in [0.15, 0.2) is 17.5 Å². The van der Waals surface area contributed by atoms with E-state index in [1.807, 2.05) is 17.5 Å². The highest BCUT2D eigenvalue weighted by atomic mass is 32.2. The third-order valence-electron chi connectivity index (χ3n) is 3.80. The lowest BCUT2D eigenvalue weighted by Crippen LogP contribution is -2.48. The average Bonchev–Trinajstić information content (AvgIpc) is 2.88. The maximum absolute atomic E-state index is 12.6. The van der Waals surface area contributed by atoms with Gasteiger partial charge in [-0.1, -0.05) is 6.07 Å². The normalized spacial score (nSPS) is 21.5. The van der Waals surface area contributed by atoms with Gasteiger partial charge in [0.25, 0.3) is 5.91 Å². The molecule has 0 saturated carbocycles. The van der Waals surface area contributed by atoms with E-state index in [1.54, 1.807) is 0 Å². The molecule has 2 heterocycles. The van der Waals surface area contributed by atoms with Gasteiger partial charge in [-0.15, -0.1) is 11.3 Å². The lowest BCUT2D eigenvalue weighted by atomic mass is 10.1. The lowest BCUT2D eigenvalue weighted by molar-refractivity contribution is -0.168. The molecule has 0 N–H and O–H groups in total. The predicted molar refractivity (Wildman–Crippen MR) is 87.9 cm³/mol. The molecule has 1 fully saturated rings. The van der Waals surface area contributed by atoms with Crippen molar-refractivity contribution in [2.45, 2.75) is 38.0 Å². The summed E-state index contributed by atoms with van der Waals surface area (Å²) in [5.74, 6) is -0.991. The standard InChI is InChI=1S/C15H21NO5S2/c1-11(17)21-15(2,3)14(18)16-7-6-13(12-5-4-9-22-12)23(19,20)10-8-16/h4-5,9,13H,6-8,10H2,1-3H3. The molecule has 1 aliphatic rings. The number of hydrogen-bond acceptors (Lipinski definition) is 6. The molecule has 1 unspecified atom stereocenters. The summed E-state index contributed by atoms with van der Waals surface area (Å²) in [6, 6.07) is 3.64. The smallest absolute Gasteiger partial charge is 0.303 e. The van der Waals surface area contributed by atoms with Crippen molar-refractivity contribution in [1.29, 1.82) is 0 Å². The molecule has 2 rings (SSSR count). The molecule has 0 bridgehead atoms. The molecule has 0 radical (unpaired) electrons. The van der Waals surface area contributed by atoms with E-state index in [0.29, 0.717) is 13.0 Å². The summed E-state index contributed by atoms with van der Waals surface area (Å²) in [4.78, 5) is 26.0. The molecule has 6 nitrogen and oxygen atoms in total. The highest BCUT2D eigenvalue weighted by molar-refractivity contribution is 7.91. The maximum Gasteiger partial charge on any atom is 0.303 e. The van der Waals surface area contributed by atoms with Crippen LogP contribution in [0.25, 0.3) is 0 Å². The van der Waals surface area contributed by atoms with Crippen molar-refractivity contribution in [3.63, 3.8) is 0 Å². The lowest BCUT2D eigenvalue weighted by Gasteiger charge is -2.30. The predicted octanol–water partition coefficient (Wildman–Crippen LogP) is 1.78. The second-order valence-corrected chi connectivity index (χ2v) is 9.34. The molecule has 1 aliphatic heterocycles. The molecule has 1 saturated heterocycles. The average molecular weight is 359 g/mol. The zero-order chi connectivity index (χ0) is 17.3. The van der Waals surface area contributed by atoms with Crippen LogP contribution >= 0.6 is 11.3 Å². The molecule has 0 spiro atoms. The van der Waals surface area contributed by atoms with E-state index in [4.69, 9.17) is 4.74 Å². The van der Waals surface area contributed by atoms with E-state index in [2.05, 4.69) is 0 Å². The molecule has 1 atom stereocenters. The molecule has 1 aromatic rings. The monoisotopic (exact) mass is 359 g/mol. The Morgan fingerprint density at radius 1 is 1.35 bits per heavy atom. The Kier molecular flexibility index (Phi) is 5.15. The van der Waals surface area contributed by atoms with Gasteiger partial charge < -0.3 is 9.64 Å². The van der Waals surface area contributed by atoms with Gasteiger partial charge in [0, 0.05) is 24.9 Å². The van der Waals surface area contributed by atoms with E-state index in [1.165, 1.54) is 37.0 Å². The molecular formula is C15H21NO5S2. The molecule has 0 aromatic carbocycles. The number of ether oxygens (including phenoxy) is 1. The van der Waals surface area contributed by atoms with Crippen molar-refractivity contribution < 1.29 is 22.7 Å². The molecule has 128 valence electrons. The van der Waals surface area contributed by atoms with Crippen LogP contribution in [-0.4, -0.2) is 49.6 Å². The minimum atomic E-state index is -3.31. The number of hydrogen-bond donors (Lipinski definition) is 0. The molecule has 1 amide bonds. The minimum Gasteiger partial charge on any atom is -0.450 e. The Morgan fingerprint density at radius 2 is 2.04 bits per heavy atom. The highest BCUT2D eigenvalue weighted by Gasteiger charge is 2.39. The number of nitrogens with zero attached hydrogens (tertiary/aromatic N) is 1. The van der Waals surface area contributed by atoms with Crippen LogP contribution in [0.5, 0.6) is 0 Å². The van der Waals surface area contributed by atoms with Crippen LogP contribution in [0.1, 0.15) is 37.3 Å². The van der Waals surface area contributed by atoms with E-state index in [-0.39, 0.29) is 18.2 Å². The quantitative estimate of drug-likeness (QED) is 0.769. The van der Waals surface area contributed by atoms with Crippen LogP contribution < -0.4 is 0 Å². The van der Waals surface area contributed by atoms with Crippen molar-refractivity contribution in [2.24, 2.45) is 0 Å². The van der Waals surface area contributed by atoms with Crippen molar-refractivity contribution >= 4 is 33.1 Å². The van der Waals surface area contributed by atoms with Crippen molar-refractivity contribution in [3.05, 3.63) is 22.4 Å². The van der Waals surface area contributed by atoms with Crippen LogP contribution in [0.2, 0.25) is 0 Å². The van der Waals surface area contributed by atoms with Gasteiger partial charge >= 0.3 is 5.97 Å². The summed E-state index contributed by atoms with van der Waals surface area (Å²) in [5, 5.41) is 1.28. The Morgan fingerprint density at radius 3 is 2.61 bits per heavy atom. The fraction of sp³-hybridized carbons (Fsp3) is 0.600. The Labute approximate surface area is 140 Å². The van der Waals surface area contributed by atoms with Gasteiger partial charge in [-0.2, -0.15) is 0 Å². The fourth-order valence-electron chi connectivity index (χ4n) is 2.72. The number of sulfone groups is 1. The topological polar surface area (TPSA) is 80.8 Å². The summed E-state index contributed by atoms with van der Waals surface area (Å²) in [6.07, 6.45) is 0.352. The summed E-state index contributed by atoms with van der Waals surface area (Å²) < 4.78 is 30.0. The minimum absolute atomic E-state index is 0.0859.